The summed E-state index contributed by atoms with van der Waals surface area (Å²) in [6, 6.07) is 4.17. The molecule has 27 heavy (non-hydrogen) atoms. The van der Waals surface area contributed by atoms with E-state index in [2.05, 4.69) is 25.8 Å². The molecule has 7 nitrogen and oxygen atoms in total. The molecule has 0 radical (unpaired) electrons. The summed E-state index contributed by atoms with van der Waals surface area (Å²) >= 11 is 0. The smallest absolute Gasteiger partial charge is 0.221 e. The summed E-state index contributed by atoms with van der Waals surface area (Å²) in [5.74, 6) is 1.76. The SMILES string of the molecule is CCCNC(=O)CCNC(=NC)NCC(c1ccco1)N1CCCCC1.I. The molecule has 1 saturated heterocycles. The summed E-state index contributed by atoms with van der Waals surface area (Å²) in [5, 5.41) is 9.46. The Labute approximate surface area is 179 Å². The highest BCUT2D eigenvalue weighted by Crippen LogP contribution is 2.24. The number of nitrogens with zero attached hydrogens (tertiary/aromatic N) is 2. The Morgan fingerprint density at radius 3 is 2.63 bits per heavy atom. The van der Waals surface area contributed by atoms with Crippen molar-refractivity contribution in [2.45, 2.75) is 45.1 Å². The topological polar surface area (TPSA) is 81.9 Å². The lowest BCUT2D eigenvalue weighted by Gasteiger charge is -2.33. The first kappa shape index (κ1) is 23.7. The van der Waals surface area contributed by atoms with Crippen LogP contribution in [0.2, 0.25) is 0 Å². The summed E-state index contributed by atoms with van der Waals surface area (Å²) in [5.41, 5.74) is 0. The second kappa shape index (κ2) is 13.8. The zero-order valence-corrected chi connectivity index (χ0v) is 18.8. The van der Waals surface area contributed by atoms with Crippen molar-refractivity contribution >= 4 is 35.8 Å². The van der Waals surface area contributed by atoms with Crippen LogP contribution in [0.5, 0.6) is 0 Å². The maximum absolute atomic E-state index is 11.7. The molecular formula is C19H34IN5O2. The molecule has 154 valence electrons. The van der Waals surface area contributed by atoms with Gasteiger partial charge in [-0.1, -0.05) is 13.3 Å². The van der Waals surface area contributed by atoms with E-state index in [9.17, 15) is 4.79 Å². The van der Waals surface area contributed by atoms with Crippen molar-refractivity contribution in [2.24, 2.45) is 4.99 Å². The number of rotatable bonds is 9. The van der Waals surface area contributed by atoms with Crippen molar-refractivity contribution in [3.63, 3.8) is 0 Å². The second-order valence-electron chi connectivity index (χ2n) is 6.61. The molecule has 1 fully saturated rings. The van der Waals surface area contributed by atoms with Crippen molar-refractivity contribution in [1.82, 2.24) is 20.9 Å². The molecule has 8 heteroatoms. The van der Waals surface area contributed by atoms with E-state index in [1.54, 1.807) is 13.3 Å². The summed E-state index contributed by atoms with van der Waals surface area (Å²) in [6.45, 7) is 6.24. The Bertz CT molecular complexity index is 544. The van der Waals surface area contributed by atoms with E-state index >= 15 is 0 Å². The Balaban J connectivity index is 0.00000364. The standard InChI is InChI=1S/C19H33N5O2.HI/c1-3-10-21-18(25)9-11-22-19(20-2)23-15-16(17-8-7-14-26-17)24-12-5-4-6-13-24;/h7-8,14,16H,3-6,9-13,15H2,1-2H3,(H,21,25)(H2,20,22,23);1H. The molecule has 1 amide bonds. The fourth-order valence-electron chi connectivity index (χ4n) is 3.18. The quantitative estimate of drug-likeness (QED) is 0.281. The lowest BCUT2D eigenvalue weighted by molar-refractivity contribution is -0.120. The molecule has 1 aromatic heterocycles. The van der Waals surface area contributed by atoms with Gasteiger partial charge < -0.3 is 20.4 Å². The zero-order chi connectivity index (χ0) is 18.6. The summed E-state index contributed by atoms with van der Waals surface area (Å²) in [6.07, 6.45) is 6.89. The Morgan fingerprint density at radius 1 is 1.22 bits per heavy atom. The van der Waals surface area contributed by atoms with Crippen molar-refractivity contribution < 1.29 is 9.21 Å². The molecule has 1 aliphatic rings. The number of hydrogen-bond acceptors (Lipinski definition) is 4. The van der Waals surface area contributed by atoms with Crippen LogP contribution in [0.3, 0.4) is 0 Å². The number of furan rings is 1. The van der Waals surface area contributed by atoms with E-state index in [0.29, 0.717) is 18.9 Å². The predicted molar refractivity (Wildman–Crippen MR) is 120 cm³/mol. The van der Waals surface area contributed by atoms with Crippen LogP contribution < -0.4 is 16.0 Å². The van der Waals surface area contributed by atoms with Crippen molar-refractivity contribution in [1.29, 1.82) is 0 Å². The fraction of sp³-hybridized carbons (Fsp3) is 0.684. The first-order valence-corrected chi connectivity index (χ1v) is 9.73. The molecule has 2 rings (SSSR count). The van der Waals surface area contributed by atoms with E-state index in [0.717, 1.165) is 38.4 Å². The van der Waals surface area contributed by atoms with Gasteiger partial charge >= 0.3 is 0 Å². The van der Waals surface area contributed by atoms with Crippen LogP contribution in [0.15, 0.2) is 27.8 Å². The van der Waals surface area contributed by atoms with Gasteiger partial charge in [-0.2, -0.15) is 0 Å². The van der Waals surface area contributed by atoms with Crippen molar-refractivity contribution in [3.8, 4) is 0 Å². The molecule has 0 aromatic carbocycles. The monoisotopic (exact) mass is 491 g/mol. The molecule has 1 unspecified atom stereocenters. The predicted octanol–water partition coefficient (Wildman–Crippen LogP) is 2.51. The lowest BCUT2D eigenvalue weighted by atomic mass is 10.1. The number of carbonyl (C=O) groups is 1. The van der Waals surface area contributed by atoms with Crippen LogP contribution >= 0.6 is 24.0 Å². The molecular weight excluding hydrogens is 457 g/mol. The van der Waals surface area contributed by atoms with E-state index in [1.807, 2.05) is 19.1 Å². The average Bonchev–Trinajstić information content (AvgIpc) is 3.20. The van der Waals surface area contributed by atoms with Gasteiger partial charge in [-0.3, -0.25) is 14.7 Å². The molecule has 1 atom stereocenters. The van der Waals surface area contributed by atoms with E-state index in [-0.39, 0.29) is 35.9 Å². The highest BCUT2D eigenvalue weighted by atomic mass is 127. The number of aliphatic imine (C=N–C) groups is 1. The van der Waals surface area contributed by atoms with E-state index in [4.69, 9.17) is 4.42 Å². The number of halogens is 1. The van der Waals surface area contributed by atoms with Crippen LogP contribution in [0.1, 0.15) is 50.8 Å². The number of likely N-dealkylation sites (tertiary alicyclic amines) is 1. The molecule has 0 saturated carbocycles. The number of amides is 1. The van der Waals surface area contributed by atoms with Gasteiger partial charge in [0.1, 0.15) is 5.76 Å². The minimum Gasteiger partial charge on any atom is -0.468 e. The highest BCUT2D eigenvalue weighted by Gasteiger charge is 2.24. The molecule has 3 N–H and O–H groups in total. The first-order chi connectivity index (χ1) is 12.7. The Kier molecular flexibility index (Phi) is 12.2. The largest absolute Gasteiger partial charge is 0.468 e. The van der Waals surface area contributed by atoms with Crippen LogP contribution in [0.4, 0.5) is 0 Å². The number of piperidine rings is 1. The lowest BCUT2D eigenvalue weighted by Crippen LogP contribution is -2.45. The molecule has 0 bridgehead atoms. The van der Waals surface area contributed by atoms with Gasteiger partial charge in [-0.05, 0) is 44.5 Å². The summed E-state index contributed by atoms with van der Waals surface area (Å²) < 4.78 is 5.67. The van der Waals surface area contributed by atoms with E-state index < -0.39 is 0 Å². The van der Waals surface area contributed by atoms with Gasteiger partial charge in [0, 0.05) is 33.1 Å². The summed E-state index contributed by atoms with van der Waals surface area (Å²) in [4.78, 5) is 18.4. The van der Waals surface area contributed by atoms with Gasteiger partial charge in [-0.15, -0.1) is 24.0 Å². The molecule has 2 heterocycles. The fourth-order valence-corrected chi connectivity index (χ4v) is 3.18. The van der Waals surface area contributed by atoms with Gasteiger partial charge in [0.05, 0.1) is 12.3 Å². The van der Waals surface area contributed by atoms with Crippen LogP contribution in [-0.2, 0) is 4.79 Å². The second-order valence-corrected chi connectivity index (χ2v) is 6.61. The number of nitrogens with one attached hydrogen (secondary N) is 3. The highest BCUT2D eigenvalue weighted by molar-refractivity contribution is 14.0. The van der Waals surface area contributed by atoms with Gasteiger partial charge in [0.25, 0.3) is 0 Å². The number of carbonyl (C=O) groups excluding carboxylic acids is 1. The molecule has 0 aliphatic carbocycles. The third kappa shape index (κ3) is 8.50. The normalized spacial score (nSPS) is 16.3. The minimum absolute atomic E-state index is 0. The Hall–Kier alpha value is -1.29. The summed E-state index contributed by atoms with van der Waals surface area (Å²) in [7, 11) is 1.75. The number of hydrogen-bond donors (Lipinski definition) is 3. The number of guanidine groups is 1. The van der Waals surface area contributed by atoms with Crippen molar-refractivity contribution in [3.05, 3.63) is 24.2 Å². The third-order valence-corrected chi connectivity index (χ3v) is 4.61. The first-order valence-electron chi connectivity index (χ1n) is 9.73. The third-order valence-electron chi connectivity index (χ3n) is 4.61. The molecule has 1 aliphatic heterocycles. The van der Waals surface area contributed by atoms with Crippen LogP contribution in [0, 0.1) is 0 Å². The minimum atomic E-state index is 0. The van der Waals surface area contributed by atoms with Crippen LogP contribution in [0.25, 0.3) is 0 Å². The van der Waals surface area contributed by atoms with Gasteiger partial charge in [0.15, 0.2) is 5.96 Å². The van der Waals surface area contributed by atoms with E-state index in [1.165, 1.54) is 19.3 Å². The average molecular weight is 491 g/mol. The maximum atomic E-state index is 11.7. The Morgan fingerprint density at radius 2 is 2.00 bits per heavy atom. The van der Waals surface area contributed by atoms with Gasteiger partial charge in [0.2, 0.25) is 5.91 Å². The maximum Gasteiger partial charge on any atom is 0.221 e. The van der Waals surface area contributed by atoms with Gasteiger partial charge in [-0.25, -0.2) is 0 Å². The molecule has 1 aromatic rings. The molecule has 0 spiro atoms. The van der Waals surface area contributed by atoms with Crippen LogP contribution in [-0.4, -0.2) is 56.5 Å². The van der Waals surface area contributed by atoms with Crippen molar-refractivity contribution in [2.75, 3.05) is 39.8 Å². The zero-order valence-electron chi connectivity index (χ0n) is 16.5.